The smallest absolute Gasteiger partial charge is 0.407 e. The second-order valence-electron chi connectivity index (χ2n) is 6.61. The van der Waals surface area contributed by atoms with Gasteiger partial charge in [0.15, 0.2) is 0 Å². The molecule has 146 valence electrons. The van der Waals surface area contributed by atoms with E-state index in [0.29, 0.717) is 5.56 Å². The molecule has 1 aromatic heterocycles. The van der Waals surface area contributed by atoms with Gasteiger partial charge in [0.2, 0.25) is 5.95 Å². The van der Waals surface area contributed by atoms with Crippen molar-refractivity contribution in [3.63, 3.8) is 0 Å². The van der Waals surface area contributed by atoms with E-state index in [1.54, 1.807) is 18.2 Å². The molecule has 0 saturated heterocycles. The Kier molecular flexibility index (Phi) is 5.89. The Hall–Kier alpha value is -2.74. The molecule has 1 heterocycles. The number of halogens is 2. The highest BCUT2D eigenvalue weighted by atomic mass is 127. The van der Waals surface area contributed by atoms with Crippen LogP contribution < -0.4 is 5.32 Å². The number of hydrogen-bond acceptors (Lipinski definition) is 3. The molecule has 0 unspecified atom stereocenters. The van der Waals surface area contributed by atoms with E-state index in [9.17, 15) is 9.18 Å². The number of hydrogen-bond donors (Lipinski definition) is 1. The zero-order valence-corrected chi connectivity index (χ0v) is 17.6. The van der Waals surface area contributed by atoms with Crippen molar-refractivity contribution >= 4 is 34.8 Å². The first-order chi connectivity index (χ1) is 14.1. The van der Waals surface area contributed by atoms with Crippen LogP contribution in [0.1, 0.15) is 22.6 Å². The fourth-order valence-electron chi connectivity index (χ4n) is 3.54. The molecular formula is C23H18FIN2O2. The minimum absolute atomic E-state index is 0.0229. The molecule has 0 saturated carbocycles. The monoisotopic (exact) mass is 500 g/mol. The Bertz CT molecular complexity index is 1020. The van der Waals surface area contributed by atoms with Crippen LogP contribution in [0.15, 0.2) is 66.9 Å². The third kappa shape index (κ3) is 4.17. The number of ether oxygens (including phenoxy) is 1. The van der Waals surface area contributed by atoms with Gasteiger partial charge in [0.1, 0.15) is 6.61 Å². The Labute approximate surface area is 182 Å². The molecule has 3 aromatic rings. The highest BCUT2D eigenvalue weighted by Gasteiger charge is 2.28. The molecule has 2 aromatic carbocycles. The highest BCUT2D eigenvalue weighted by Crippen LogP contribution is 2.44. The van der Waals surface area contributed by atoms with Crippen molar-refractivity contribution in [2.45, 2.75) is 5.92 Å². The standard InChI is InChI=1S/C23H18FIN2O2/c24-22-19(21(25)11-13-26-22)10-5-12-27-23(28)29-14-20-17-8-3-1-6-15(17)16-7-2-4-9-18(16)20/h1-11,13,20H,12,14H2,(H,27,28). The molecule has 0 spiro atoms. The summed E-state index contributed by atoms with van der Waals surface area (Å²) in [6, 6.07) is 18.1. The molecule has 0 radical (unpaired) electrons. The van der Waals surface area contributed by atoms with Gasteiger partial charge < -0.3 is 10.1 Å². The number of carbonyl (C=O) groups excluding carboxylic acids is 1. The lowest BCUT2D eigenvalue weighted by Crippen LogP contribution is -2.26. The number of carbonyl (C=O) groups is 1. The predicted octanol–water partition coefficient (Wildman–Crippen LogP) is 5.38. The number of nitrogens with zero attached hydrogens (tertiary/aromatic N) is 1. The molecule has 0 bridgehead atoms. The Morgan fingerprint density at radius 3 is 2.41 bits per heavy atom. The number of fused-ring (bicyclic) bond motifs is 3. The Balaban J connectivity index is 1.35. The molecular weight excluding hydrogens is 482 g/mol. The third-order valence-electron chi connectivity index (χ3n) is 4.88. The zero-order chi connectivity index (χ0) is 20.2. The van der Waals surface area contributed by atoms with Gasteiger partial charge in [-0.05, 0) is 50.9 Å². The molecule has 4 nitrogen and oxygen atoms in total. The van der Waals surface area contributed by atoms with Gasteiger partial charge in [0.05, 0.1) is 0 Å². The molecule has 0 atom stereocenters. The lowest BCUT2D eigenvalue weighted by Gasteiger charge is -2.14. The van der Waals surface area contributed by atoms with Crippen LogP contribution in [0, 0.1) is 9.52 Å². The summed E-state index contributed by atoms with van der Waals surface area (Å²) in [6.45, 7) is 0.500. The third-order valence-corrected chi connectivity index (χ3v) is 5.82. The molecule has 0 aliphatic heterocycles. The topological polar surface area (TPSA) is 51.2 Å². The van der Waals surface area contributed by atoms with E-state index in [0.717, 1.165) is 3.57 Å². The van der Waals surface area contributed by atoms with Crippen molar-refractivity contribution in [2.75, 3.05) is 13.2 Å². The summed E-state index contributed by atoms with van der Waals surface area (Å²) >= 11 is 2.04. The number of rotatable bonds is 5. The minimum Gasteiger partial charge on any atom is -0.449 e. The first kappa shape index (κ1) is 19.6. The summed E-state index contributed by atoms with van der Waals surface area (Å²) in [4.78, 5) is 15.7. The quantitative estimate of drug-likeness (QED) is 0.378. The van der Waals surface area contributed by atoms with E-state index in [2.05, 4.69) is 34.6 Å². The van der Waals surface area contributed by atoms with Gasteiger partial charge in [-0.15, -0.1) is 0 Å². The summed E-state index contributed by atoms with van der Waals surface area (Å²) in [5.41, 5.74) is 5.12. The minimum atomic E-state index is -0.533. The first-order valence-electron chi connectivity index (χ1n) is 9.20. The molecule has 6 heteroatoms. The van der Waals surface area contributed by atoms with E-state index < -0.39 is 12.0 Å². The van der Waals surface area contributed by atoms with Crippen LogP contribution in [-0.2, 0) is 4.74 Å². The second kappa shape index (κ2) is 8.73. The van der Waals surface area contributed by atoms with Crippen molar-refractivity contribution in [3.05, 3.63) is 93.1 Å². The van der Waals surface area contributed by atoms with E-state index in [-0.39, 0.29) is 19.1 Å². The van der Waals surface area contributed by atoms with Crippen LogP contribution in [0.4, 0.5) is 9.18 Å². The maximum atomic E-state index is 13.7. The molecule has 1 aliphatic carbocycles. The highest BCUT2D eigenvalue weighted by molar-refractivity contribution is 14.1. The normalized spacial score (nSPS) is 12.6. The zero-order valence-electron chi connectivity index (χ0n) is 15.4. The molecule has 1 N–H and O–H groups in total. The number of benzene rings is 2. The number of pyridine rings is 1. The van der Waals surface area contributed by atoms with Crippen LogP contribution in [0.3, 0.4) is 0 Å². The number of aromatic nitrogens is 1. The number of nitrogens with one attached hydrogen (secondary N) is 1. The van der Waals surface area contributed by atoms with Gasteiger partial charge in [0, 0.05) is 27.8 Å². The average molecular weight is 500 g/mol. The van der Waals surface area contributed by atoms with Gasteiger partial charge in [-0.3, -0.25) is 0 Å². The fraction of sp³-hybridized carbons (Fsp3) is 0.130. The summed E-state index contributed by atoms with van der Waals surface area (Å²) in [7, 11) is 0. The Morgan fingerprint density at radius 1 is 1.10 bits per heavy atom. The number of alkyl carbamates (subject to hydrolysis) is 1. The Morgan fingerprint density at radius 2 is 1.76 bits per heavy atom. The summed E-state index contributed by atoms with van der Waals surface area (Å²) in [5, 5.41) is 2.67. The van der Waals surface area contributed by atoms with E-state index in [1.165, 1.54) is 28.5 Å². The molecule has 1 aliphatic rings. The van der Waals surface area contributed by atoms with Crippen LogP contribution in [0.25, 0.3) is 17.2 Å². The summed E-state index contributed by atoms with van der Waals surface area (Å²) in [6.07, 6.45) is 4.19. The van der Waals surface area contributed by atoms with Gasteiger partial charge in [0.25, 0.3) is 0 Å². The predicted molar refractivity (Wildman–Crippen MR) is 119 cm³/mol. The molecule has 1 amide bonds. The van der Waals surface area contributed by atoms with Gasteiger partial charge >= 0.3 is 6.09 Å². The van der Waals surface area contributed by atoms with Crippen molar-refractivity contribution in [2.24, 2.45) is 0 Å². The maximum Gasteiger partial charge on any atom is 0.407 e. The molecule has 4 rings (SSSR count). The van der Waals surface area contributed by atoms with Crippen molar-refractivity contribution in [1.29, 1.82) is 0 Å². The largest absolute Gasteiger partial charge is 0.449 e. The van der Waals surface area contributed by atoms with Gasteiger partial charge in [-0.25, -0.2) is 9.78 Å². The van der Waals surface area contributed by atoms with Crippen LogP contribution in [-0.4, -0.2) is 24.2 Å². The molecule has 0 fully saturated rings. The SMILES string of the molecule is O=C(NCC=Cc1c(I)ccnc1F)OCC1c2ccccc2-c2ccccc21. The summed E-state index contributed by atoms with van der Waals surface area (Å²) < 4.78 is 19.9. The maximum absolute atomic E-state index is 13.7. The van der Waals surface area contributed by atoms with Crippen molar-refractivity contribution < 1.29 is 13.9 Å². The fourth-order valence-corrected chi connectivity index (χ4v) is 4.11. The number of amides is 1. The first-order valence-corrected chi connectivity index (χ1v) is 10.3. The summed E-state index contributed by atoms with van der Waals surface area (Å²) in [5.74, 6) is -0.510. The lowest BCUT2D eigenvalue weighted by molar-refractivity contribution is 0.144. The van der Waals surface area contributed by atoms with Crippen LogP contribution in [0.2, 0.25) is 0 Å². The van der Waals surface area contributed by atoms with Crippen molar-refractivity contribution in [1.82, 2.24) is 10.3 Å². The van der Waals surface area contributed by atoms with Crippen LogP contribution in [0.5, 0.6) is 0 Å². The second-order valence-corrected chi connectivity index (χ2v) is 7.77. The van der Waals surface area contributed by atoms with E-state index in [4.69, 9.17) is 4.74 Å². The van der Waals surface area contributed by atoms with E-state index >= 15 is 0 Å². The molecule has 29 heavy (non-hydrogen) atoms. The van der Waals surface area contributed by atoms with Crippen LogP contribution >= 0.6 is 22.6 Å². The van der Waals surface area contributed by atoms with Gasteiger partial charge in [-0.2, -0.15) is 4.39 Å². The van der Waals surface area contributed by atoms with E-state index in [1.807, 2.05) is 46.9 Å². The average Bonchev–Trinajstić information content (AvgIpc) is 3.05. The van der Waals surface area contributed by atoms with Gasteiger partial charge in [-0.1, -0.05) is 60.7 Å². The van der Waals surface area contributed by atoms with Crippen molar-refractivity contribution in [3.8, 4) is 11.1 Å². The lowest BCUT2D eigenvalue weighted by atomic mass is 9.98.